The fourth-order valence-electron chi connectivity index (χ4n) is 7.99. The maximum absolute atomic E-state index is 3.06. The van der Waals surface area contributed by atoms with Crippen LogP contribution in [0.1, 0.15) is 27.8 Å². The maximum atomic E-state index is 3.06. The third-order valence-corrected chi connectivity index (χ3v) is 10.1. The van der Waals surface area contributed by atoms with Crippen LogP contribution in [0.15, 0.2) is 152 Å². The van der Waals surface area contributed by atoms with Crippen molar-refractivity contribution in [2.45, 2.75) is 34.6 Å². The molecule has 9 rings (SSSR count). The molecular weight excluding hydrogens is 803 g/mol. The molecule has 0 aliphatic carbocycles. The summed E-state index contributed by atoms with van der Waals surface area (Å²) in [6.45, 7) is 14.0. The van der Waals surface area contributed by atoms with E-state index in [1.807, 2.05) is 0 Å². The van der Waals surface area contributed by atoms with Crippen molar-refractivity contribution in [2.24, 2.45) is 0 Å². The molecule has 4 heteroatoms. The van der Waals surface area contributed by atoms with Crippen LogP contribution in [0.3, 0.4) is 0 Å². The van der Waals surface area contributed by atoms with Crippen LogP contribution >= 0.6 is 24.8 Å². The third kappa shape index (κ3) is 9.01. The number of halogens is 2. The van der Waals surface area contributed by atoms with Gasteiger partial charge in [0.05, 0.1) is 0 Å². The fourth-order valence-corrected chi connectivity index (χ4v) is 7.99. The van der Waals surface area contributed by atoms with E-state index in [1.165, 1.54) is 128 Å². The van der Waals surface area contributed by atoms with Crippen LogP contribution < -0.4 is 0 Å². The van der Waals surface area contributed by atoms with Crippen LogP contribution in [0, 0.1) is 49.5 Å². The summed E-state index contributed by atoms with van der Waals surface area (Å²) in [7, 11) is 0. The zero-order valence-corrected chi connectivity index (χ0v) is 37.8. The molecule has 0 aliphatic rings. The van der Waals surface area contributed by atoms with Gasteiger partial charge in [0.2, 0.25) is 0 Å². The first-order valence-corrected chi connectivity index (χ1v) is 21.7. The van der Waals surface area contributed by atoms with Gasteiger partial charge in [0.1, 0.15) is 0 Å². The van der Waals surface area contributed by atoms with Crippen LogP contribution in [0.2, 0.25) is 0 Å². The van der Waals surface area contributed by atoms with Crippen molar-refractivity contribution in [3.05, 3.63) is 194 Å². The van der Waals surface area contributed by atoms with Crippen molar-refractivity contribution in [3.8, 4) is 33.4 Å². The Bertz CT molecular complexity index is 2660. The van der Waals surface area contributed by atoms with E-state index >= 15 is 0 Å². The zero-order chi connectivity index (χ0) is 35.6. The van der Waals surface area contributed by atoms with Crippen LogP contribution in [0.25, 0.3) is 76.5 Å². The van der Waals surface area contributed by atoms with Gasteiger partial charge in [-0.15, -0.1) is 93.4 Å². The van der Waals surface area contributed by atoms with Gasteiger partial charge < -0.3 is 14.9 Å². The molecule has 9 aromatic carbocycles. The van der Waals surface area contributed by atoms with Crippen LogP contribution in [-0.2, 0) is 23.3 Å². The summed E-state index contributed by atoms with van der Waals surface area (Å²) in [5, 5.41) is 10.6. The molecule has 0 heterocycles. The van der Waals surface area contributed by atoms with Crippen molar-refractivity contribution < 1.29 is 23.3 Å². The molecule has 9 aromatic rings. The minimum absolute atomic E-state index is 0. The molecule has 0 N–H and O–H groups in total. The van der Waals surface area contributed by atoms with Crippen LogP contribution in [-0.4, -0.2) is 6.88 Å². The van der Waals surface area contributed by atoms with Crippen molar-refractivity contribution in [3.63, 3.8) is 0 Å². The van der Waals surface area contributed by atoms with Gasteiger partial charge in [-0.05, 0) is 53.4 Å². The number of hydrogen-bond donors (Lipinski definition) is 0. The van der Waals surface area contributed by atoms with E-state index < -0.39 is 0 Å². The minimum atomic E-state index is 0. The number of benzene rings is 7. The van der Waals surface area contributed by atoms with Gasteiger partial charge in [0.25, 0.3) is 0 Å². The Labute approximate surface area is 357 Å². The van der Waals surface area contributed by atoms with Crippen molar-refractivity contribution in [1.29, 1.82) is 0 Å². The molecule has 0 unspecified atom stereocenters. The topological polar surface area (TPSA) is 0 Å². The second-order valence-electron chi connectivity index (χ2n) is 13.7. The van der Waals surface area contributed by atoms with E-state index in [0.29, 0.717) is 0 Å². The van der Waals surface area contributed by atoms with E-state index in [0.717, 1.165) is 0 Å². The van der Waals surface area contributed by atoms with Crippen LogP contribution in [0.4, 0.5) is 0 Å². The van der Waals surface area contributed by atoms with Crippen molar-refractivity contribution in [2.75, 3.05) is 0 Å². The van der Waals surface area contributed by atoms with Gasteiger partial charge in [0, 0.05) is 0 Å². The molecule has 2 radical (unpaired) electrons. The van der Waals surface area contributed by atoms with Gasteiger partial charge in [-0.3, -0.25) is 0 Å². The average molecular weight is 851 g/mol. The van der Waals surface area contributed by atoms with E-state index in [1.54, 1.807) is 0 Å². The molecule has 0 saturated heterocycles. The SMILES string of the molecule is Cc1cc(C)c(-c2cc3c(-c4cccc5ccccc45)cccc3[cH-]2)c(C)c1.Cc1cc2c(-c3cccc4ccccc34)ccc(C)c2[cH-]1.Cl.Cl.[CH3-].[CH3-].[Si]=[Zr]. The Morgan fingerprint density at radius 2 is 0.909 bits per heavy atom. The molecule has 0 fully saturated rings. The summed E-state index contributed by atoms with van der Waals surface area (Å²) < 4.78 is 0. The summed E-state index contributed by atoms with van der Waals surface area (Å²) in [5.41, 5.74) is 14.7. The number of hydrogen-bond acceptors (Lipinski definition) is 0. The summed E-state index contributed by atoms with van der Waals surface area (Å²) in [4.78, 5) is 0. The average Bonchev–Trinajstić information content (AvgIpc) is 3.76. The number of fused-ring (bicyclic) bond motifs is 4. The molecule has 55 heavy (non-hydrogen) atoms. The van der Waals surface area contributed by atoms with Crippen molar-refractivity contribution >= 4 is 74.8 Å². The Morgan fingerprint density at radius 3 is 1.47 bits per heavy atom. The second-order valence-corrected chi connectivity index (χ2v) is 13.7. The zero-order valence-electron chi connectivity index (χ0n) is 32.8. The van der Waals surface area contributed by atoms with Gasteiger partial charge in [-0.25, -0.2) is 0 Å². The van der Waals surface area contributed by atoms with E-state index in [9.17, 15) is 0 Å². The van der Waals surface area contributed by atoms with Gasteiger partial charge in [0.15, 0.2) is 0 Å². The second kappa shape index (κ2) is 19.7. The monoisotopic (exact) mass is 848 g/mol. The summed E-state index contributed by atoms with van der Waals surface area (Å²) in [5.74, 6) is 0. The molecular formula is C51H48Cl2SiZr-4. The number of aryl methyl sites for hydroxylation is 5. The molecule has 0 aliphatic heterocycles. The Morgan fingerprint density at radius 1 is 0.436 bits per heavy atom. The molecule has 0 spiro atoms. The predicted octanol–water partition coefficient (Wildman–Crippen LogP) is 15.3. The molecule has 278 valence electrons. The summed E-state index contributed by atoms with van der Waals surface area (Å²) in [6.07, 6.45) is 0. The fraction of sp³-hybridized carbons (Fsp3) is 0.0980. The summed E-state index contributed by atoms with van der Waals surface area (Å²) in [6, 6.07) is 55.5. The third-order valence-electron chi connectivity index (χ3n) is 10.1. The Kier molecular flexibility index (Phi) is 16.2. The van der Waals surface area contributed by atoms with Crippen molar-refractivity contribution in [1.82, 2.24) is 0 Å². The molecule has 0 bridgehead atoms. The first kappa shape index (κ1) is 45.4. The number of rotatable bonds is 3. The van der Waals surface area contributed by atoms with E-state index in [2.05, 4.69) is 193 Å². The molecule has 0 saturated carbocycles. The van der Waals surface area contributed by atoms with Gasteiger partial charge >= 0.3 is 30.2 Å². The Hall–Kier alpha value is -4.04. The molecule has 0 atom stereocenters. The Balaban J connectivity index is 0.000000272. The van der Waals surface area contributed by atoms with E-state index in [-0.39, 0.29) is 39.7 Å². The normalized spacial score (nSPS) is 10.2. The van der Waals surface area contributed by atoms with Crippen LogP contribution in [0.5, 0.6) is 0 Å². The first-order valence-electron chi connectivity index (χ1n) is 17.5. The predicted molar refractivity (Wildman–Crippen MR) is 247 cm³/mol. The molecule has 0 nitrogen and oxygen atoms in total. The quantitative estimate of drug-likeness (QED) is 0.123. The first-order chi connectivity index (χ1) is 24.9. The van der Waals surface area contributed by atoms with Gasteiger partial charge in [-0.1, -0.05) is 162 Å². The molecule has 0 aromatic heterocycles. The standard InChI is InChI=1S/C28H23.C21H17.2CH3.2ClH.Si.Zr/c1-18-14-19(2)28(20(3)15-18)23-16-22-10-7-13-26(27(22)17-23)25-12-6-9-21-8-4-5-11-24(21)25;1-14-12-20-15(2)10-11-19(21(20)13-14)18-9-5-7-16-6-3-4-8-17(16)18;;;;;;/h4-17H,1-3H3;3-13H,1-2H3;2*1H3;2*1H;;/q4*-1;;;;. The molecule has 0 amide bonds. The summed E-state index contributed by atoms with van der Waals surface area (Å²) >= 11 is 1.36. The van der Waals surface area contributed by atoms with E-state index in [4.69, 9.17) is 0 Å². The van der Waals surface area contributed by atoms with Gasteiger partial charge in [-0.2, -0.15) is 6.07 Å².